The van der Waals surface area contributed by atoms with E-state index in [9.17, 15) is 22.8 Å². The fourth-order valence-electron chi connectivity index (χ4n) is 7.29. The summed E-state index contributed by atoms with van der Waals surface area (Å²) in [5, 5.41) is 0. The van der Waals surface area contributed by atoms with Gasteiger partial charge in [0.05, 0.1) is 28.8 Å². The van der Waals surface area contributed by atoms with Crippen molar-refractivity contribution >= 4 is 27.8 Å². The highest BCUT2D eigenvalue weighted by Gasteiger charge is 2.61. The highest BCUT2D eigenvalue weighted by atomic mass is 32.2. The van der Waals surface area contributed by atoms with Crippen molar-refractivity contribution < 1.29 is 27.5 Å². The summed E-state index contributed by atoms with van der Waals surface area (Å²) in [6.45, 7) is 0.839. The smallest absolute Gasteiger partial charge is 0.338 e. The summed E-state index contributed by atoms with van der Waals surface area (Å²) in [5.74, 6) is -2.37. The predicted molar refractivity (Wildman–Crippen MR) is 150 cm³/mol. The molecule has 3 aromatic rings. The molecular weight excluding hydrogens is 540 g/mol. The highest BCUT2D eigenvalue weighted by Crippen LogP contribution is 2.60. The van der Waals surface area contributed by atoms with E-state index < -0.39 is 27.8 Å². The van der Waals surface area contributed by atoms with E-state index in [0.717, 1.165) is 41.5 Å². The zero-order valence-electron chi connectivity index (χ0n) is 22.4. The Labute approximate surface area is 239 Å². The van der Waals surface area contributed by atoms with Crippen molar-refractivity contribution in [2.45, 2.75) is 36.0 Å². The van der Waals surface area contributed by atoms with Crippen molar-refractivity contribution in [1.29, 1.82) is 0 Å². The fraction of sp³-hybridized carbons (Fsp3) is 0.344. The standard InChI is InChI=1S/C32H30N2O6S/c35-30-28-26-22-8-2-3-9-23(22)27(25-11-5-4-10-24(25)26)29(28)31(36)34(30)18-19-40-32(37)20-12-14-21(15-13-20)41(38,39)33-16-6-1-7-17-33/h2-5,8-15,26-29H,1,6-7,16-19H2/t26?,27?,28-,29-/m1/s1. The molecule has 2 fully saturated rings. The quantitative estimate of drug-likeness (QED) is 0.329. The minimum atomic E-state index is -3.60. The minimum Gasteiger partial charge on any atom is -0.460 e. The number of piperidine rings is 1. The van der Waals surface area contributed by atoms with Crippen molar-refractivity contribution in [3.05, 3.63) is 101 Å². The van der Waals surface area contributed by atoms with Gasteiger partial charge < -0.3 is 4.74 Å². The molecule has 0 aromatic heterocycles. The molecule has 0 radical (unpaired) electrons. The van der Waals surface area contributed by atoms with Crippen LogP contribution >= 0.6 is 0 Å². The molecule has 2 bridgehead atoms. The van der Waals surface area contributed by atoms with Gasteiger partial charge in [0.25, 0.3) is 0 Å². The van der Waals surface area contributed by atoms with Gasteiger partial charge in [-0.05, 0) is 59.4 Å². The number of carbonyl (C=O) groups is 3. The van der Waals surface area contributed by atoms with E-state index in [1.54, 1.807) is 0 Å². The van der Waals surface area contributed by atoms with Crippen LogP contribution in [0, 0.1) is 11.8 Å². The van der Waals surface area contributed by atoms with Gasteiger partial charge in [0.1, 0.15) is 6.61 Å². The molecule has 9 heteroatoms. The van der Waals surface area contributed by atoms with Crippen LogP contribution in [0.1, 0.15) is 63.7 Å². The Morgan fingerprint density at radius 2 is 1.22 bits per heavy atom. The molecule has 2 heterocycles. The first-order valence-electron chi connectivity index (χ1n) is 14.2. The molecule has 8 rings (SSSR count). The lowest BCUT2D eigenvalue weighted by Crippen LogP contribution is -2.41. The molecule has 0 saturated carbocycles. The summed E-state index contributed by atoms with van der Waals surface area (Å²) in [6.07, 6.45) is 2.71. The van der Waals surface area contributed by atoms with Crippen molar-refractivity contribution in [3.8, 4) is 0 Å². The molecule has 210 valence electrons. The summed E-state index contributed by atoms with van der Waals surface area (Å²) >= 11 is 0. The maximum absolute atomic E-state index is 13.7. The first kappa shape index (κ1) is 26.1. The highest BCUT2D eigenvalue weighted by molar-refractivity contribution is 7.89. The number of imide groups is 1. The number of nitrogens with zero attached hydrogens (tertiary/aromatic N) is 2. The summed E-state index contributed by atoms with van der Waals surface area (Å²) in [5.41, 5.74) is 4.64. The molecule has 5 aliphatic rings. The molecule has 0 spiro atoms. The molecule has 2 saturated heterocycles. The van der Waals surface area contributed by atoms with Crippen molar-refractivity contribution in [2.75, 3.05) is 26.2 Å². The summed E-state index contributed by atoms with van der Waals surface area (Å²) in [7, 11) is -3.60. The molecule has 0 N–H and O–H groups in total. The zero-order valence-corrected chi connectivity index (χ0v) is 23.3. The molecule has 2 aliphatic heterocycles. The molecule has 2 amide bonds. The zero-order chi connectivity index (χ0) is 28.3. The molecule has 3 aliphatic carbocycles. The van der Waals surface area contributed by atoms with Crippen LogP contribution in [0.5, 0.6) is 0 Å². The Bertz CT molecular complexity index is 1550. The SMILES string of the molecule is O=C(OCCN1C(=O)[C@@H]2C3c4ccccc4C(c4ccccc43)[C@H]2C1=O)c1ccc(S(=O)(=O)N2CCCCC2)cc1. The predicted octanol–water partition coefficient (Wildman–Crippen LogP) is 3.91. The Morgan fingerprint density at radius 3 is 1.71 bits per heavy atom. The first-order valence-corrected chi connectivity index (χ1v) is 15.6. The second-order valence-electron chi connectivity index (χ2n) is 11.2. The number of ether oxygens (including phenoxy) is 1. The lowest BCUT2D eigenvalue weighted by Gasteiger charge is -2.45. The van der Waals surface area contributed by atoms with Gasteiger partial charge in [-0.15, -0.1) is 0 Å². The number of carbonyl (C=O) groups excluding carboxylic acids is 3. The van der Waals surface area contributed by atoms with Gasteiger partial charge in [0.2, 0.25) is 21.8 Å². The lowest BCUT2D eigenvalue weighted by molar-refractivity contribution is -0.140. The third-order valence-corrected chi connectivity index (χ3v) is 11.0. The van der Waals surface area contributed by atoms with Crippen LogP contribution in [0.2, 0.25) is 0 Å². The number of benzene rings is 3. The van der Waals surface area contributed by atoms with E-state index in [1.165, 1.54) is 33.5 Å². The Balaban J connectivity index is 1.04. The molecule has 41 heavy (non-hydrogen) atoms. The first-order chi connectivity index (χ1) is 19.9. The fourth-order valence-corrected chi connectivity index (χ4v) is 8.81. The van der Waals surface area contributed by atoms with Gasteiger partial charge in [-0.25, -0.2) is 13.2 Å². The maximum Gasteiger partial charge on any atom is 0.338 e. The van der Waals surface area contributed by atoms with Crippen molar-refractivity contribution in [1.82, 2.24) is 9.21 Å². The van der Waals surface area contributed by atoms with Gasteiger partial charge in [-0.2, -0.15) is 4.31 Å². The van der Waals surface area contributed by atoms with Gasteiger partial charge >= 0.3 is 5.97 Å². The number of hydrogen-bond donors (Lipinski definition) is 0. The lowest BCUT2D eigenvalue weighted by atomic mass is 9.55. The van der Waals surface area contributed by atoms with Crippen LogP contribution in [0.4, 0.5) is 0 Å². The van der Waals surface area contributed by atoms with Crippen LogP contribution in [0.25, 0.3) is 0 Å². The number of hydrogen-bond acceptors (Lipinski definition) is 6. The number of esters is 1. The van der Waals surface area contributed by atoms with E-state index in [2.05, 4.69) is 24.3 Å². The van der Waals surface area contributed by atoms with E-state index >= 15 is 0 Å². The molecule has 3 aromatic carbocycles. The van der Waals surface area contributed by atoms with E-state index in [1.807, 2.05) is 24.3 Å². The van der Waals surface area contributed by atoms with Crippen LogP contribution < -0.4 is 0 Å². The van der Waals surface area contributed by atoms with Crippen LogP contribution in [0.3, 0.4) is 0 Å². The molecule has 0 unspecified atom stereocenters. The average Bonchev–Trinajstić information content (AvgIpc) is 3.27. The van der Waals surface area contributed by atoms with Gasteiger partial charge in [0.15, 0.2) is 0 Å². The number of rotatable bonds is 6. The number of amides is 2. The van der Waals surface area contributed by atoms with E-state index in [0.29, 0.717) is 13.1 Å². The molecule has 2 atom stereocenters. The Morgan fingerprint density at radius 1 is 0.732 bits per heavy atom. The third-order valence-electron chi connectivity index (χ3n) is 9.13. The van der Waals surface area contributed by atoms with Crippen LogP contribution in [-0.4, -0.2) is 61.6 Å². The summed E-state index contributed by atoms with van der Waals surface area (Å²) in [6, 6.07) is 21.9. The van der Waals surface area contributed by atoms with Gasteiger partial charge in [-0.3, -0.25) is 14.5 Å². The largest absolute Gasteiger partial charge is 0.460 e. The summed E-state index contributed by atoms with van der Waals surface area (Å²) in [4.78, 5) is 41.5. The van der Waals surface area contributed by atoms with E-state index in [4.69, 9.17) is 4.74 Å². The van der Waals surface area contributed by atoms with Crippen LogP contribution in [0.15, 0.2) is 77.7 Å². The Kier molecular flexibility index (Phi) is 6.32. The van der Waals surface area contributed by atoms with E-state index in [-0.39, 0.29) is 47.3 Å². The van der Waals surface area contributed by atoms with Crippen LogP contribution in [-0.2, 0) is 24.3 Å². The second-order valence-corrected chi connectivity index (χ2v) is 13.2. The topological polar surface area (TPSA) is 101 Å². The monoisotopic (exact) mass is 570 g/mol. The van der Waals surface area contributed by atoms with Gasteiger partial charge in [-0.1, -0.05) is 55.0 Å². The van der Waals surface area contributed by atoms with Gasteiger partial charge in [0, 0.05) is 24.9 Å². The van der Waals surface area contributed by atoms with Crippen molar-refractivity contribution in [3.63, 3.8) is 0 Å². The number of likely N-dealkylation sites (tertiary alicyclic amines) is 1. The number of sulfonamides is 1. The molecular formula is C32H30N2O6S. The second kappa shape index (κ2) is 9.92. The maximum atomic E-state index is 13.7. The normalized spacial score (nSPS) is 25.0. The summed E-state index contributed by atoms with van der Waals surface area (Å²) < 4.78 is 32.7. The minimum absolute atomic E-state index is 0.0238. The average molecular weight is 571 g/mol. The third kappa shape index (κ3) is 4.05. The molecule has 8 nitrogen and oxygen atoms in total. The Hall–Kier alpha value is -3.82. The van der Waals surface area contributed by atoms with Crippen molar-refractivity contribution in [2.24, 2.45) is 11.8 Å².